The molecule has 2 aromatic carbocycles. The Bertz CT molecular complexity index is 1280. The largest absolute Gasteiger partial charge is 0.439 e. The van der Waals surface area contributed by atoms with Crippen molar-refractivity contribution in [1.82, 2.24) is 19.5 Å². The van der Waals surface area contributed by atoms with Crippen LogP contribution >= 0.6 is 11.8 Å². The summed E-state index contributed by atoms with van der Waals surface area (Å²) in [5.41, 5.74) is 2.55. The number of carbonyl (C=O) groups excluding carboxylic acids is 1. The fourth-order valence-corrected chi connectivity index (χ4v) is 3.66. The first-order valence-electron chi connectivity index (χ1n) is 9.87. The molecule has 0 unspecified atom stereocenters. The van der Waals surface area contributed by atoms with E-state index in [-0.39, 0.29) is 10.5 Å². The average Bonchev–Trinajstić information content (AvgIpc) is 3.13. The third-order valence-corrected chi connectivity index (χ3v) is 5.60. The quantitative estimate of drug-likeness (QED) is 0.354. The summed E-state index contributed by atoms with van der Waals surface area (Å²) in [5, 5.41) is 2.71. The molecule has 0 spiro atoms. The van der Waals surface area contributed by atoms with Gasteiger partial charge in [-0.3, -0.25) is 9.36 Å². The number of thioether (sulfide) groups is 1. The number of aromatic nitrogens is 4. The molecule has 1 N–H and O–H groups in total. The molecule has 0 fully saturated rings. The fourth-order valence-electron chi connectivity index (χ4n) is 3.03. The van der Waals surface area contributed by atoms with Crippen LogP contribution in [0.1, 0.15) is 21.7 Å². The van der Waals surface area contributed by atoms with Gasteiger partial charge >= 0.3 is 0 Å². The molecule has 0 atom stereocenters. The van der Waals surface area contributed by atoms with Crippen LogP contribution in [-0.4, -0.2) is 31.2 Å². The minimum absolute atomic E-state index is 0.182. The molecule has 2 heterocycles. The molecule has 10 heteroatoms. The Morgan fingerprint density at radius 2 is 1.82 bits per heavy atom. The van der Waals surface area contributed by atoms with Crippen LogP contribution in [0.25, 0.3) is 5.82 Å². The van der Waals surface area contributed by atoms with Crippen molar-refractivity contribution >= 4 is 23.4 Å². The molecule has 4 rings (SSSR count). The summed E-state index contributed by atoms with van der Waals surface area (Å²) in [6.45, 7) is 3.86. The lowest BCUT2D eigenvalue weighted by Crippen LogP contribution is -2.13. The van der Waals surface area contributed by atoms with Gasteiger partial charge in [-0.2, -0.15) is 8.78 Å². The van der Waals surface area contributed by atoms with Gasteiger partial charge in [-0.05, 0) is 50.2 Å². The molecule has 168 valence electrons. The van der Waals surface area contributed by atoms with E-state index in [1.165, 1.54) is 18.5 Å². The Kier molecular flexibility index (Phi) is 6.64. The summed E-state index contributed by atoms with van der Waals surface area (Å²) in [4.78, 5) is 25.5. The van der Waals surface area contributed by atoms with Crippen LogP contribution in [0.4, 0.5) is 14.5 Å². The normalized spacial score (nSPS) is 10.9. The van der Waals surface area contributed by atoms with Crippen molar-refractivity contribution in [3.63, 3.8) is 0 Å². The van der Waals surface area contributed by atoms with Gasteiger partial charge in [-0.1, -0.05) is 23.9 Å². The Morgan fingerprint density at radius 3 is 2.52 bits per heavy atom. The van der Waals surface area contributed by atoms with Gasteiger partial charge in [0.2, 0.25) is 5.88 Å². The van der Waals surface area contributed by atoms with Crippen molar-refractivity contribution in [2.24, 2.45) is 0 Å². The number of nitrogens with zero attached hydrogens (tertiary/aromatic N) is 4. The van der Waals surface area contributed by atoms with E-state index in [2.05, 4.69) is 20.3 Å². The second kappa shape index (κ2) is 9.78. The zero-order valence-electron chi connectivity index (χ0n) is 17.7. The van der Waals surface area contributed by atoms with E-state index in [0.717, 1.165) is 11.4 Å². The number of alkyl halides is 2. The van der Waals surface area contributed by atoms with Crippen LogP contribution in [0.5, 0.6) is 11.6 Å². The predicted octanol–water partition coefficient (Wildman–Crippen LogP) is 5.64. The molecule has 0 saturated heterocycles. The van der Waals surface area contributed by atoms with Crippen LogP contribution in [-0.2, 0) is 0 Å². The second-order valence-electron chi connectivity index (χ2n) is 6.96. The topological polar surface area (TPSA) is 81.9 Å². The second-order valence-corrected chi connectivity index (χ2v) is 7.99. The van der Waals surface area contributed by atoms with Gasteiger partial charge in [-0.25, -0.2) is 15.0 Å². The summed E-state index contributed by atoms with van der Waals surface area (Å²) >= 11 is 0.337. The molecule has 0 bridgehead atoms. The molecular formula is C23H19F2N5O2S. The van der Waals surface area contributed by atoms with Crippen molar-refractivity contribution < 1.29 is 18.3 Å². The van der Waals surface area contributed by atoms with Crippen molar-refractivity contribution in [3.05, 3.63) is 84.2 Å². The van der Waals surface area contributed by atoms with Crippen LogP contribution in [0.15, 0.2) is 72.1 Å². The first-order chi connectivity index (χ1) is 15.9. The van der Waals surface area contributed by atoms with E-state index in [9.17, 15) is 13.6 Å². The van der Waals surface area contributed by atoms with Crippen molar-refractivity contribution in [3.8, 4) is 17.4 Å². The number of aryl methyl sites for hydroxylation is 1. The zero-order chi connectivity index (χ0) is 23.4. The van der Waals surface area contributed by atoms with Crippen LogP contribution < -0.4 is 10.1 Å². The predicted molar refractivity (Wildman–Crippen MR) is 121 cm³/mol. The Labute approximate surface area is 192 Å². The lowest BCUT2D eigenvalue weighted by molar-refractivity contribution is 0.102. The standard InChI is InChI=1S/C23H19F2N5O2S/c1-14-15(2)30(13-28-14)20-11-21(27-12-26-20)32-17-9-7-16(8-10-17)29-22(31)18-5-3-4-6-19(18)33-23(24)25/h3-13,23H,1-2H3,(H,29,31). The van der Waals surface area contributed by atoms with Gasteiger partial charge in [0.05, 0.1) is 11.3 Å². The fraction of sp³-hybridized carbons (Fsp3) is 0.130. The maximum absolute atomic E-state index is 12.8. The first-order valence-corrected chi connectivity index (χ1v) is 10.7. The van der Waals surface area contributed by atoms with E-state index >= 15 is 0 Å². The third kappa shape index (κ3) is 5.35. The van der Waals surface area contributed by atoms with Gasteiger partial charge < -0.3 is 10.1 Å². The molecule has 2 aromatic heterocycles. The highest BCUT2D eigenvalue weighted by molar-refractivity contribution is 7.99. The zero-order valence-corrected chi connectivity index (χ0v) is 18.5. The van der Waals surface area contributed by atoms with Gasteiger partial charge in [0.25, 0.3) is 11.7 Å². The van der Waals surface area contributed by atoms with E-state index in [0.29, 0.717) is 34.9 Å². The molecule has 0 aliphatic rings. The van der Waals surface area contributed by atoms with Gasteiger partial charge in [0, 0.05) is 22.3 Å². The number of benzene rings is 2. The molecule has 4 aromatic rings. The number of rotatable bonds is 7. The highest BCUT2D eigenvalue weighted by Gasteiger charge is 2.15. The summed E-state index contributed by atoms with van der Waals surface area (Å²) in [6.07, 6.45) is 3.09. The smallest absolute Gasteiger partial charge is 0.288 e. The Hall–Kier alpha value is -3.79. The van der Waals surface area contributed by atoms with E-state index < -0.39 is 11.7 Å². The molecule has 1 amide bonds. The maximum Gasteiger partial charge on any atom is 0.288 e. The van der Waals surface area contributed by atoms with E-state index in [1.54, 1.807) is 48.8 Å². The number of ether oxygens (including phenoxy) is 1. The summed E-state index contributed by atoms with van der Waals surface area (Å²) in [6, 6.07) is 14.6. The molecule has 7 nitrogen and oxygen atoms in total. The number of hydrogen-bond donors (Lipinski definition) is 1. The van der Waals surface area contributed by atoms with Crippen LogP contribution in [0, 0.1) is 13.8 Å². The number of halogens is 2. The van der Waals surface area contributed by atoms with Crippen molar-refractivity contribution in [2.75, 3.05) is 5.32 Å². The minimum atomic E-state index is -2.61. The Morgan fingerprint density at radius 1 is 1.06 bits per heavy atom. The van der Waals surface area contributed by atoms with Gasteiger partial charge in [0.15, 0.2) is 0 Å². The maximum atomic E-state index is 12.8. The number of nitrogens with one attached hydrogen (secondary N) is 1. The number of carbonyl (C=O) groups is 1. The molecule has 0 saturated carbocycles. The van der Waals surface area contributed by atoms with Crippen molar-refractivity contribution in [2.45, 2.75) is 24.5 Å². The summed E-state index contributed by atoms with van der Waals surface area (Å²) in [5.74, 6) is -1.61. The van der Waals surface area contributed by atoms with Crippen molar-refractivity contribution in [1.29, 1.82) is 0 Å². The van der Waals surface area contributed by atoms with E-state index in [1.807, 2.05) is 18.4 Å². The first kappa shape index (κ1) is 22.4. The number of hydrogen-bond acceptors (Lipinski definition) is 6. The monoisotopic (exact) mass is 467 g/mol. The lowest BCUT2D eigenvalue weighted by Gasteiger charge is -2.11. The highest BCUT2D eigenvalue weighted by atomic mass is 32.2. The van der Waals surface area contributed by atoms with Crippen LogP contribution in [0.3, 0.4) is 0 Å². The van der Waals surface area contributed by atoms with E-state index in [4.69, 9.17) is 4.74 Å². The minimum Gasteiger partial charge on any atom is -0.439 e. The average molecular weight is 468 g/mol. The number of imidazole rings is 1. The Balaban J connectivity index is 1.45. The molecule has 0 aliphatic heterocycles. The molecule has 0 radical (unpaired) electrons. The molecule has 0 aliphatic carbocycles. The van der Waals surface area contributed by atoms with Crippen LogP contribution in [0.2, 0.25) is 0 Å². The lowest BCUT2D eigenvalue weighted by atomic mass is 10.2. The SMILES string of the molecule is Cc1ncn(-c2cc(Oc3ccc(NC(=O)c4ccccc4SC(F)F)cc3)ncn2)c1C. The van der Waals surface area contributed by atoms with Gasteiger partial charge in [-0.15, -0.1) is 0 Å². The number of anilines is 1. The summed E-state index contributed by atoms with van der Waals surface area (Å²) in [7, 11) is 0. The number of amides is 1. The highest BCUT2D eigenvalue weighted by Crippen LogP contribution is 2.29. The third-order valence-electron chi connectivity index (χ3n) is 4.81. The molecule has 33 heavy (non-hydrogen) atoms. The summed E-state index contributed by atoms with van der Waals surface area (Å²) < 4.78 is 33.2. The molecular weight excluding hydrogens is 448 g/mol. The van der Waals surface area contributed by atoms with Gasteiger partial charge in [0.1, 0.15) is 24.2 Å².